The number of hydrogen-bond donors (Lipinski definition) is 1. The normalized spacial score (nSPS) is 22.1. The highest BCUT2D eigenvalue weighted by Gasteiger charge is 2.30. The van der Waals surface area contributed by atoms with Gasteiger partial charge in [0.05, 0.1) is 0 Å². The Balaban J connectivity index is 2.23. The molecule has 0 bridgehead atoms. The van der Waals surface area contributed by atoms with E-state index in [4.69, 9.17) is 5.73 Å². The van der Waals surface area contributed by atoms with Crippen molar-refractivity contribution in [2.45, 2.75) is 0 Å². The Morgan fingerprint density at radius 2 is 1.64 bits per heavy atom. The molecule has 2 N–H and O–H groups in total. The van der Waals surface area contributed by atoms with E-state index in [1.165, 1.54) is 17.6 Å². The SMILES string of the molecule is NC1=NC2=NC=NC3=NC=NC(=N1)N32. The maximum atomic E-state index is 5.47. The molecule has 0 aliphatic carbocycles. The van der Waals surface area contributed by atoms with Crippen molar-refractivity contribution in [2.24, 2.45) is 35.7 Å². The second-order valence-corrected chi connectivity index (χ2v) is 2.56. The Hall–Kier alpha value is -2.38. The Morgan fingerprint density at radius 1 is 0.929 bits per heavy atom. The fourth-order valence-electron chi connectivity index (χ4n) is 1.18. The van der Waals surface area contributed by atoms with Crippen molar-refractivity contribution in [3.63, 3.8) is 0 Å². The van der Waals surface area contributed by atoms with Crippen LogP contribution in [0.1, 0.15) is 0 Å². The summed E-state index contributed by atoms with van der Waals surface area (Å²) in [7, 11) is 0. The van der Waals surface area contributed by atoms with Gasteiger partial charge in [0.1, 0.15) is 12.7 Å². The monoisotopic (exact) mass is 188 g/mol. The number of hydrogen-bond acceptors (Lipinski definition) is 8. The van der Waals surface area contributed by atoms with Crippen LogP contribution in [0, 0.1) is 0 Å². The quantitative estimate of drug-likeness (QED) is 0.514. The molecule has 0 amide bonds. The highest BCUT2D eigenvalue weighted by Crippen LogP contribution is 2.11. The minimum Gasteiger partial charge on any atom is -0.368 e. The Bertz CT molecular complexity index is 474. The number of aliphatic imine (C=N–C) groups is 6. The molecule has 3 aliphatic rings. The van der Waals surface area contributed by atoms with Crippen molar-refractivity contribution >= 4 is 36.5 Å². The zero-order valence-corrected chi connectivity index (χ0v) is 6.86. The molecule has 0 radical (unpaired) electrons. The molecule has 0 unspecified atom stereocenters. The fourth-order valence-corrected chi connectivity index (χ4v) is 1.18. The van der Waals surface area contributed by atoms with E-state index in [2.05, 4.69) is 30.0 Å². The summed E-state index contributed by atoms with van der Waals surface area (Å²) in [5.41, 5.74) is 5.47. The molecule has 3 aliphatic heterocycles. The Labute approximate surface area is 78.0 Å². The summed E-state index contributed by atoms with van der Waals surface area (Å²) in [5.74, 6) is 1.35. The maximum Gasteiger partial charge on any atom is 0.244 e. The molecule has 0 aromatic rings. The average molecular weight is 188 g/mol. The first kappa shape index (κ1) is 7.06. The minimum absolute atomic E-state index is 0.128. The molecule has 0 aromatic heterocycles. The largest absolute Gasteiger partial charge is 0.368 e. The van der Waals surface area contributed by atoms with E-state index in [0.717, 1.165) is 0 Å². The molecular weight excluding hydrogens is 184 g/mol. The van der Waals surface area contributed by atoms with Gasteiger partial charge >= 0.3 is 0 Å². The predicted molar refractivity (Wildman–Crippen MR) is 52.8 cm³/mol. The second-order valence-electron chi connectivity index (χ2n) is 2.56. The van der Waals surface area contributed by atoms with Crippen LogP contribution in [0.4, 0.5) is 0 Å². The predicted octanol–water partition coefficient (Wildman–Crippen LogP) is -1.23. The average Bonchev–Trinajstić information content (AvgIpc) is 2.18. The summed E-state index contributed by atoms with van der Waals surface area (Å²) in [4.78, 5) is 25.1. The van der Waals surface area contributed by atoms with Gasteiger partial charge < -0.3 is 5.73 Å². The van der Waals surface area contributed by atoms with Gasteiger partial charge in [-0.15, -0.1) is 0 Å². The molecular formula is C6H4N8. The van der Waals surface area contributed by atoms with E-state index < -0.39 is 0 Å². The first-order chi connectivity index (χ1) is 6.84. The van der Waals surface area contributed by atoms with Crippen LogP contribution in [0.5, 0.6) is 0 Å². The van der Waals surface area contributed by atoms with Gasteiger partial charge in [0, 0.05) is 0 Å². The second kappa shape index (κ2) is 2.31. The van der Waals surface area contributed by atoms with Crippen LogP contribution in [-0.4, -0.2) is 41.4 Å². The molecule has 0 saturated carbocycles. The fraction of sp³-hybridized carbons (Fsp3) is 0. The lowest BCUT2D eigenvalue weighted by molar-refractivity contribution is 0.832. The van der Waals surface area contributed by atoms with Crippen molar-refractivity contribution in [1.82, 2.24) is 4.90 Å². The van der Waals surface area contributed by atoms with Gasteiger partial charge in [-0.1, -0.05) is 0 Å². The summed E-state index contributed by atoms with van der Waals surface area (Å²) in [6.07, 6.45) is 2.73. The maximum absolute atomic E-state index is 5.47. The minimum atomic E-state index is 0.128. The van der Waals surface area contributed by atoms with Gasteiger partial charge in [0.25, 0.3) is 0 Å². The van der Waals surface area contributed by atoms with E-state index in [1.54, 1.807) is 0 Å². The number of nitrogens with two attached hydrogens (primary N) is 1. The lowest BCUT2D eigenvalue weighted by Gasteiger charge is -2.26. The van der Waals surface area contributed by atoms with Gasteiger partial charge in [0.15, 0.2) is 0 Å². The summed E-state index contributed by atoms with van der Waals surface area (Å²) < 4.78 is 0. The summed E-state index contributed by atoms with van der Waals surface area (Å²) in [6.45, 7) is 0. The molecule has 8 heteroatoms. The van der Waals surface area contributed by atoms with Crippen molar-refractivity contribution in [3.8, 4) is 0 Å². The summed E-state index contributed by atoms with van der Waals surface area (Å²) in [6, 6.07) is 0. The van der Waals surface area contributed by atoms with Gasteiger partial charge in [0.2, 0.25) is 23.8 Å². The molecule has 68 valence electrons. The lowest BCUT2D eigenvalue weighted by atomic mass is 10.5. The van der Waals surface area contributed by atoms with Crippen LogP contribution >= 0.6 is 0 Å². The number of nitrogens with zero attached hydrogens (tertiary/aromatic N) is 7. The van der Waals surface area contributed by atoms with E-state index in [-0.39, 0.29) is 5.96 Å². The van der Waals surface area contributed by atoms with E-state index in [1.807, 2.05) is 0 Å². The van der Waals surface area contributed by atoms with Crippen LogP contribution in [0.2, 0.25) is 0 Å². The Morgan fingerprint density at radius 3 is 2.50 bits per heavy atom. The molecule has 3 heterocycles. The van der Waals surface area contributed by atoms with E-state index in [9.17, 15) is 0 Å². The molecule has 0 spiro atoms. The van der Waals surface area contributed by atoms with Crippen LogP contribution in [0.25, 0.3) is 0 Å². The first-order valence-corrected chi connectivity index (χ1v) is 3.78. The molecule has 0 fully saturated rings. The Kier molecular flexibility index (Phi) is 1.17. The van der Waals surface area contributed by atoms with Gasteiger partial charge in [-0.05, 0) is 0 Å². The molecule has 0 saturated heterocycles. The molecule has 3 rings (SSSR count). The summed E-state index contributed by atoms with van der Waals surface area (Å²) >= 11 is 0. The highest BCUT2D eigenvalue weighted by molar-refractivity contribution is 6.27. The molecule has 8 nitrogen and oxygen atoms in total. The van der Waals surface area contributed by atoms with Crippen LogP contribution in [0.3, 0.4) is 0 Å². The van der Waals surface area contributed by atoms with Crippen LogP contribution < -0.4 is 5.73 Å². The van der Waals surface area contributed by atoms with Crippen LogP contribution in [-0.2, 0) is 0 Å². The van der Waals surface area contributed by atoms with Crippen molar-refractivity contribution in [3.05, 3.63) is 0 Å². The lowest BCUT2D eigenvalue weighted by Crippen LogP contribution is -2.46. The third-order valence-corrected chi connectivity index (χ3v) is 1.72. The van der Waals surface area contributed by atoms with E-state index >= 15 is 0 Å². The highest BCUT2D eigenvalue weighted by atomic mass is 15.5. The third kappa shape index (κ3) is 0.815. The molecule has 0 aromatic carbocycles. The van der Waals surface area contributed by atoms with Crippen molar-refractivity contribution in [1.29, 1.82) is 0 Å². The number of rotatable bonds is 0. The van der Waals surface area contributed by atoms with Gasteiger partial charge in [-0.3, -0.25) is 0 Å². The van der Waals surface area contributed by atoms with Gasteiger partial charge in [-0.25, -0.2) is 24.9 Å². The number of guanidine groups is 4. The zero-order valence-electron chi connectivity index (χ0n) is 6.86. The van der Waals surface area contributed by atoms with Crippen LogP contribution in [0.15, 0.2) is 30.0 Å². The van der Waals surface area contributed by atoms with Crippen molar-refractivity contribution < 1.29 is 0 Å². The van der Waals surface area contributed by atoms with Gasteiger partial charge in [-0.2, -0.15) is 9.98 Å². The molecule has 14 heavy (non-hydrogen) atoms. The third-order valence-electron chi connectivity index (χ3n) is 1.72. The topological polar surface area (TPSA) is 103 Å². The van der Waals surface area contributed by atoms with E-state index in [0.29, 0.717) is 17.9 Å². The zero-order chi connectivity index (χ0) is 9.54. The van der Waals surface area contributed by atoms with Crippen molar-refractivity contribution in [2.75, 3.05) is 0 Å². The molecule has 0 atom stereocenters. The first-order valence-electron chi connectivity index (χ1n) is 3.78. The standard InChI is InChI=1S/C6H4N8/c7-3-12-5-10-1-8-4-9-2-11-6(13-3)14(4)5/h1-2H,(H2,7,8,9,10,11,12,13). The summed E-state index contributed by atoms with van der Waals surface area (Å²) in [5, 5.41) is 0. The smallest absolute Gasteiger partial charge is 0.244 e.